The van der Waals surface area contributed by atoms with E-state index in [0.29, 0.717) is 18.9 Å². The van der Waals surface area contributed by atoms with Gasteiger partial charge in [-0.3, -0.25) is 9.59 Å². The number of carbonyl (C=O) groups is 2. The molecule has 2 fully saturated rings. The number of amides is 2. The van der Waals surface area contributed by atoms with Gasteiger partial charge in [0.2, 0.25) is 11.8 Å². The van der Waals surface area contributed by atoms with Gasteiger partial charge in [0.15, 0.2) is 0 Å². The summed E-state index contributed by atoms with van der Waals surface area (Å²) in [5.41, 5.74) is 0. The van der Waals surface area contributed by atoms with Crippen LogP contribution < -0.4 is 5.32 Å². The summed E-state index contributed by atoms with van der Waals surface area (Å²) in [4.78, 5) is 25.6. The highest BCUT2D eigenvalue weighted by molar-refractivity contribution is 5.82. The number of nitrogens with zero attached hydrogens (tertiary/aromatic N) is 1. The third-order valence-corrected chi connectivity index (χ3v) is 4.06. The van der Waals surface area contributed by atoms with Gasteiger partial charge in [0.05, 0.1) is 0 Å². The van der Waals surface area contributed by atoms with E-state index in [1.165, 1.54) is 12.8 Å². The molecule has 0 aromatic carbocycles. The molecule has 18 heavy (non-hydrogen) atoms. The highest BCUT2D eigenvalue weighted by Gasteiger charge is 2.29. The molecule has 2 rings (SSSR count). The Hall–Kier alpha value is -1.06. The van der Waals surface area contributed by atoms with E-state index >= 15 is 0 Å². The van der Waals surface area contributed by atoms with Crippen LogP contribution in [0.1, 0.15) is 58.3 Å². The summed E-state index contributed by atoms with van der Waals surface area (Å²) in [6, 6.07) is 0.528. The van der Waals surface area contributed by atoms with Gasteiger partial charge in [0, 0.05) is 31.5 Å². The Labute approximate surface area is 109 Å². The zero-order valence-electron chi connectivity index (χ0n) is 11.3. The van der Waals surface area contributed by atoms with Crippen molar-refractivity contribution in [3.63, 3.8) is 0 Å². The summed E-state index contributed by atoms with van der Waals surface area (Å²) >= 11 is 0. The van der Waals surface area contributed by atoms with E-state index in [9.17, 15) is 9.59 Å². The molecule has 0 radical (unpaired) electrons. The molecule has 1 unspecified atom stereocenters. The van der Waals surface area contributed by atoms with Crippen molar-refractivity contribution >= 4 is 11.8 Å². The van der Waals surface area contributed by atoms with Gasteiger partial charge in [-0.2, -0.15) is 0 Å². The van der Waals surface area contributed by atoms with Gasteiger partial charge >= 0.3 is 0 Å². The Morgan fingerprint density at radius 2 is 2.06 bits per heavy atom. The minimum Gasteiger partial charge on any atom is -0.353 e. The molecule has 0 bridgehead atoms. The van der Waals surface area contributed by atoms with Crippen LogP contribution in [0.4, 0.5) is 0 Å². The standard InChI is InChI=1S/C14H24N2O2/c1-2-9-16(12-5-3-4-6-12)14(18)10-11-7-8-13(17)15-11/h11-12H,2-10H2,1H3,(H,15,17). The molecule has 1 aliphatic heterocycles. The van der Waals surface area contributed by atoms with Gasteiger partial charge in [0.25, 0.3) is 0 Å². The van der Waals surface area contributed by atoms with Crippen LogP contribution in [0.25, 0.3) is 0 Å². The molecule has 4 nitrogen and oxygen atoms in total. The lowest BCUT2D eigenvalue weighted by atomic mass is 10.1. The van der Waals surface area contributed by atoms with Gasteiger partial charge in [-0.15, -0.1) is 0 Å². The number of carbonyl (C=O) groups excluding carboxylic acids is 2. The molecule has 1 aliphatic carbocycles. The van der Waals surface area contributed by atoms with E-state index < -0.39 is 0 Å². The lowest BCUT2D eigenvalue weighted by Crippen LogP contribution is -2.42. The van der Waals surface area contributed by atoms with E-state index in [1.807, 2.05) is 0 Å². The topological polar surface area (TPSA) is 49.4 Å². The highest BCUT2D eigenvalue weighted by atomic mass is 16.2. The Bertz CT molecular complexity index is 311. The summed E-state index contributed by atoms with van der Waals surface area (Å²) in [6.45, 7) is 2.98. The van der Waals surface area contributed by atoms with Crippen LogP contribution in [0.2, 0.25) is 0 Å². The summed E-state index contributed by atoms with van der Waals surface area (Å²) in [7, 11) is 0. The number of hydrogen-bond donors (Lipinski definition) is 1. The monoisotopic (exact) mass is 252 g/mol. The molecule has 0 aromatic heterocycles. The van der Waals surface area contributed by atoms with E-state index in [4.69, 9.17) is 0 Å². The normalized spacial score (nSPS) is 24.3. The quantitative estimate of drug-likeness (QED) is 0.811. The molecule has 1 heterocycles. The first-order valence-electron chi connectivity index (χ1n) is 7.29. The summed E-state index contributed by atoms with van der Waals surface area (Å²) in [5, 5.41) is 2.89. The lowest BCUT2D eigenvalue weighted by Gasteiger charge is -2.29. The highest BCUT2D eigenvalue weighted by Crippen LogP contribution is 2.25. The first kappa shape index (κ1) is 13.4. The predicted octanol–water partition coefficient (Wildman–Crippen LogP) is 1.84. The third kappa shape index (κ3) is 3.24. The van der Waals surface area contributed by atoms with Crippen LogP contribution in [-0.2, 0) is 9.59 Å². The zero-order chi connectivity index (χ0) is 13.0. The molecular formula is C14H24N2O2. The van der Waals surface area contributed by atoms with Crippen molar-refractivity contribution in [2.75, 3.05) is 6.54 Å². The zero-order valence-corrected chi connectivity index (χ0v) is 11.3. The van der Waals surface area contributed by atoms with E-state index in [0.717, 1.165) is 32.2 Å². The smallest absolute Gasteiger partial charge is 0.224 e. The van der Waals surface area contributed by atoms with E-state index in [1.54, 1.807) is 0 Å². The number of nitrogens with one attached hydrogen (secondary N) is 1. The molecule has 1 N–H and O–H groups in total. The van der Waals surface area contributed by atoms with Crippen molar-refractivity contribution in [2.24, 2.45) is 0 Å². The maximum atomic E-state index is 12.4. The summed E-state index contributed by atoms with van der Waals surface area (Å²) < 4.78 is 0. The maximum Gasteiger partial charge on any atom is 0.224 e. The van der Waals surface area contributed by atoms with E-state index in [2.05, 4.69) is 17.1 Å². The average molecular weight is 252 g/mol. The van der Waals surface area contributed by atoms with Gasteiger partial charge in [-0.05, 0) is 25.7 Å². The summed E-state index contributed by atoms with van der Waals surface area (Å²) in [6.07, 6.45) is 7.70. The first-order chi connectivity index (χ1) is 8.70. The van der Waals surface area contributed by atoms with Gasteiger partial charge in [-0.25, -0.2) is 0 Å². The molecule has 0 aromatic rings. The first-order valence-corrected chi connectivity index (χ1v) is 7.29. The molecule has 2 aliphatic rings. The van der Waals surface area contributed by atoms with Gasteiger partial charge < -0.3 is 10.2 Å². The largest absolute Gasteiger partial charge is 0.353 e. The fraction of sp³-hybridized carbons (Fsp3) is 0.857. The lowest BCUT2D eigenvalue weighted by molar-refractivity contribution is -0.134. The second kappa shape index (κ2) is 6.21. The van der Waals surface area contributed by atoms with Crippen molar-refractivity contribution in [1.82, 2.24) is 10.2 Å². The molecule has 0 spiro atoms. The SMILES string of the molecule is CCCN(C(=O)CC1CCC(=O)N1)C1CCCC1. The number of rotatable bonds is 5. The molecule has 102 valence electrons. The Morgan fingerprint density at radius 1 is 1.33 bits per heavy atom. The third-order valence-electron chi connectivity index (χ3n) is 4.06. The summed E-state index contributed by atoms with van der Waals surface area (Å²) in [5.74, 6) is 0.326. The van der Waals surface area contributed by atoms with Crippen LogP contribution >= 0.6 is 0 Å². The second-order valence-electron chi connectivity index (χ2n) is 5.53. The van der Waals surface area contributed by atoms with Crippen molar-refractivity contribution in [2.45, 2.75) is 70.4 Å². The second-order valence-corrected chi connectivity index (χ2v) is 5.53. The van der Waals surface area contributed by atoms with Crippen molar-refractivity contribution < 1.29 is 9.59 Å². The van der Waals surface area contributed by atoms with Crippen LogP contribution in [-0.4, -0.2) is 35.3 Å². The van der Waals surface area contributed by atoms with E-state index in [-0.39, 0.29) is 17.9 Å². The molecule has 1 saturated carbocycles. The van der Waals surface area contributed by atoms with Crippen molar-refractivity contribution in [1.29, 1.82) is 0 Å². The fourth-order valence-electron chi connectivity index (χ4n) is 3.13. The molecule has 1 atom stereocenters. The van der Waals surface area contributed by atoms with Crippen LogP contribution in [0, 0.1) is 0 Å². The minimum absolute atomic E-state index is 0.0748. The minimum atomic E-state index is 0.0748. The van der Waals surface area contributed by atoms with Crippen LogP contribution in [0.3, 0.4) is 0 Å². The number of hydrogen-bond acceptors (Lipinski definition) is 2. The Balaban J connectivity index is 1.88. The Morgan fingerprint density at radius 3 is 2.61 bits per heavy atom. The molecule has 2 amide bonds. The Kier molecular flexibility index (Phi) is 4.61. The van der Waals surface area contributed by atoms with Gasteiger partial charge in [-0.1, -0.05) is 19.8 Å². The maximum absolute atomic E-state index is 12.4. The average Bonchev–Trinajstić information content (AvgIpc) is 2.97. The fourth-order valence-corrected chi connectivity index (χ4v) is 3.13. The van der Waals surface area contributed by atoms with Gasteiger partial charge in [0.1, 0.15) is 0 Å². The molecule has 1 saturated heterocycles. The van der Waals surface area contributed by atoms with Crippen LogP contribution in [0.5, 0.6) is 0 Å². The predicted molar refractivity (Wildman–Crippen MR) is 70.0 cm³/mol. The molecular weight excluding hydrogens is 228 g/mol. The van der Waals surface area contributed by atoms with Crippen molar-refractivity contribution in [3.05, 3.63) is 0 Å². The van der Waals surface area contributed by atoms with Crippen molar-refractivity contribution in [3.8, 4) is 0 Å². The van der Waals surface area contributed by atoms with Crippen LogP contribution in [0.15, 0.2) is 0 Å². The molecule has 4 heteroatoms.